The fourth-order valence-corrected chi connectivity index (χ4v) is 2.04. The minimum Gasteiger partial charge on any atom is -0.466 e. The van der Waals surface area contributed by atoms with Crippen molar-refractivity contribution in [1.82, 2.24) is 0 Å². The zero-order chi connectivity index (χ0) is 13.8. The minimum atomic E-state index is -0.0412. The molecule has 0 aliphatic rings. The van der Waals surface area contributed by atoms with Gasteiger partial charge in [-0.2, -0.15) is 11.8 Å². The zero-order valence-electron chi connectivity index (χ0n) is 12.3. The second-order valence-electron chi connectivity index (χ2n) is 5.07. The maximum absolute atomic E-state index is 11.4. The average Bonchev–Trinajstić information content (AvgIpc) is 2.29. The minimum absolute atomic E-state index is 0.0412. The number of thioether (sulfide) groups is 1. The molecule has 106 valence electrons. The highest BCUT2D eigenvalue weighted by atomic mass is 32.2. The van der Waals surface area contributed by atoms with Crippen molar-refractivity contribution >= 4 is 17.7 Å². The lowest BCUT2D eigenvalue weighted by atomic mass is 10.0. The predicted octanol–water partition coefficient (Wildman–Crippen LogP) is 4.45. The van der Waals surface area contributed by atoms with Crippen LogP contribution in [0.3, 0.4) is 0 Å². The maximum atomic E-state index is 11.4. The molecule has 0 amide bonds. The molecule has 2 nitrogen and oxygen atoms in total. The van der Waals surface area contributed by atoms with Gasteiger partial charge < -0.3 is 4.74 Å². The van der Waals surface area contributed by atoms with Crippen LogP contribution in [0.15, 0.2) is 11.6 Å². The van der Waals surface area contributed by atoms with Gasteiger partial charge in [-0.05, 0) is 57.5 Å². The van der Waals surface area contributed by atoms with Gasteiger partial charge in [0.2, 0.25) is 0 Å². The van der Waals surface area contributed by atoms with Crippen LogP contribution in [0.5, 0.6) is 0 Å². The van der Waals surface area contributed by atoms with Gasteiger partial charge in [0.15, 0.2) is 0 Å². The summed E-state index contributed by atoms with van der Waals surface area (Å²) >= 11 is 1.77. The Bertz CT molecular complexity index is 245. The molecule has 0 radical (unpaired) electrons. The number of ether oxygens (including phenoxy) is 1. The highest BCUT2D eigenvalue weighted by Gasteiger charge is 2.05. The highest BCUT2D eigenvalue weighted by Crippen LogP contribution is 2.12. The van der Waals surface area contributed by atoms with Crippen molar-refractivity contribution in [3.63, 3.8) is 0 Å². The third-order valence-electron chi connectivity index (χ3n) is 2.82. The summed E-state index contributed by atoms with van der Waals surface area (Å²) in [6, 6.07) is 0. The van der Waals surface area contributed by atoms with Crippen LogP contribution in [0.1, 0.15) is 52.9 Å². The van der Waals surface area contributed by atoms with Crippen molar-refractivity contribution in [2.45, 2.75) is 52.9 Å². The summed E-state index contributed by atoms with van der Waals surface area (Å²) in [7, 11) is 0. The van der Waals surface area contributed by atoms with Crippen LogP contribution in [0, 0.1) is 5.92 Å². The van der Waals surface area contributed by atoms with E-state index in [1.807, 2.05) is 0 Å². The SMILES string of the molecule is CSCCCC(=O)OCCC(C)CCC=C(C)C. The van der Waals surface area contributed by atoms with Gasteiger partial charge in [-0.15, -0.1) is 0 Å². The van der Waals surface area contributed by atoms with E-state index in [1.165, 1.54) is 12.0 Å². The van der Waals surface area contributed by atoms with Crippen molar-refractivity contribution in [3.8, 4) is 0 Å². The first-order valence-corrected chi connectivity index (χ1v) is 8.23. The Morgan fingerprint density at radius 2 is 2.06 bits per heavy atom. The van der Waals surface area contributed by atoms with Gasteiger partial charge in [0.1, 0.15) is 0 Å². The molecule has 0 aromatic rings. The summed E-state index contributed by atoms with van der Waals surface area (Å²) < 4.78 is 5.22. The number of hydrogen-bond donors (Lipinski definition) is 0. The Balaban J connectivity index is 3.46. The largest absolute Gasteiger partial charge is 0.466 e. The van der Waals surface area contributed by atoms with E-state index in [1.54, 1.807) is 11.8 Å². The first-order valence-electron chi connectivity index (χ1n) is 6.84. The van der Waals surface area contributed by atoms with Crippen molar-refractivity contribution < 1.29 is 9.53 Å². The summed E-state index contributed by atoms with van der Waals surface area (Å²) in [6.45, 7) is 7.05. The molecule has 0 heterocycles. The van der Waals surface area contributed by atoms with Gasteiger partial charge >= 0.3 is 5.97 Å². The van der Waals surface area contributed by atoms with E-state index in [-0.39, 0.29) is 5.97 Å². The van der Waals surface area contributed by atoms with Gasteiger partial charge in [0.25, 0.3) is 0 Å². The number of carbonyl (C=O) groups excluding carboxylic acids is 1. The molecule has 18 heavy (non-hydrogen) atoms. The molecule has 0 aliphatic carbocycles. The van der Waals surface area contributed by atoms with Crippen LogP contribution < -0.4 is 0 Å². The molecule has 0 aromatic carbocycles. The van der Waals surface area contributed by atoms with Crippen LogP contribution in [-0.2, 0) is 9.53 Å². The Morgan fingerprint density at radius 3 is 2.67 bits per heavy atom. The molecule has 3 heteroatoms. The van der Waals surface area contributed by atoms with Crippen molar-refractivity contribution in [2.75, 3.05) is 18.6 Å². The van der Waals surface area contributed by atoms with Crippen LogP contribution in [0.25, 0.3) is 0 Å². The molecule has 0 bridgehead atoms. The number of carbonyl (C=O) groups is 1. The van der Waals surface area contributed by atoms with Crippen molar-refractivity contribution in [3.05, 3.63) is 11.6 Å². The Kier molecular flexibility index (Phi) is 11.4. The van der Waals surface area contributed by atoms with Crippen LogP contribution >= 0.6 is 11.8 Å². The fourth-order valence-electron chi connectivity index (χ4n) is 1.61. The van der Waals surface area contributed by atoms with Crippen LogP contribution in [-0.4, -0.2) is 24.6 Å². The Hall–Kier alpha value is -0.440. The predicted molar refractivity (Wildman–Crippen MR) is 81.0 cm³/mol. The summed E-state index contributed by atoms with van der Waals surface area (Å²) in [4.78, 5) is 11.4. The average molecular weight is 272 g/mol. The molecule has 0 fully saturated rings. The lowest BCUT2D eigenvalue weighted by Crippen LogP contribution is -2.08. The standard InChI is InChI=1S/C15H28O2S/c1-13(2)7-5-8-14(3)10-11-17-15(16)9-6-12-18-4/h7,14H,5-6,8-12H2,1-4H3. The summed E-state index contributed by atoms with van der Waals surface area (Å²) in [5.41, 5.74) is 1.38. The molecule has 0 aromatic heterocycles. The monoisotopic (exact) mass is 272 g/mol. The fraction of sp³-hybridized carbons (Fsp3) is 0.800. The lowest BCUT2D eigenvalue weighted by molar-refractivity contribution is -0.144. The second-order valence-corrected chi connectivity index (χ2v) is 6.06. The van der Waals surface area contributed by atoms with Gasteiger partial charge in [0, 0.05) is 6.42 Å². The molecule has 0 rings (SSSR count). The highest BCUT2D eigenvalue weighted by molar-refractivity contribution is 7.98. The molecule has 1 unspecified atom stereocenters. The summed E-state index contributed by atoms with van der Waals surface area (Å²) in [5, 5.41) is 0. The first kappa shape index (κ1) is 17.6. The third-order valence-corrected chi connectivity index (χ3v) is 3.51. The van der Waals surface area contributed by atoms with Gasteiger partial charge in [-0.3, -0.25) is 4.79 Å². The van der Waals surface area contributed by atoms with Gasteiger partial charge in [-0.25, -0.2) is 0 Å². The molecule has 0 spiro atoms. The zero-order valence-corrected chi connectivity index (χ0v) is 13.1. The topological polar surface area (TPSA) is 26.3 Å². The van der Waals surface area contributed by atoms with E-state index in [0.717, 1.165) is 25.0 Å². The molecule has 0 aliphatic heterocycles. The maximum Gasteiger partial charge on any atom is 0.305 e. The smallest absolute Gasteiger partial charge is 0.305 e. The molecule has 0 saturated carbocycles. The van der Waals surface area contributed by atoms with Crippen LogP contribution in [0.2, 0.25) is 0 Å². The normalized spacial score (nSPS) is 12.0. The van der Waals surface area contributed by atoms with Crippen molar-refractivity contribution in [2.24, 2.45) is 5.92 Å². The molecule has 0 saturated heterocycles. The summed E-state index contributed by atoms with van der Waals surface area (Å²) in [5.74, 6) is 1.62. The molecular weight excluding hydrogens is 244 g/mol. The number of rotatable bonds is 10. The molecular formula is C15H28O2S. The quantitative estimate of drug-likeness (QED) is 0.334. The molecule has 1 atom stereocenters. The Labute approximate surface area is 117 Å². The number of hydrogen-bond acceptors (Lipinski definition) is 3. The molecule has 0 N–H and O–H groups in total. The lowest BCUT2D eigenvalue weighted by Gasteiger charge is -2.10. The van der Waals surface area contributed by atoms with Crippen molar-refractivity contribution in [1.29, 1.82) is 0 Å². The summed E-state index contributed by atoms with van der Waals surface area (Å²) in [6.07, 6.45) is 9.10. The van der Waals surface area contributed by atoms with E-state index < -0.39 is 0 Å². The Morgan fingerprint density at radius 1 is 1.33 bits per heavy atom. The van der Waals surface area contributed by atoms with Crippen LogP contribution in [0.4, 0.5) is 0 Å². The van der Waals surface area contributed by atoms with E-state index in [0.29, 0.717) is 18.9 Å². The number of allylic oxidation sites excluding steroid dienone is 2. The van der Waals surface area contributed by atoms with E-state index in [2.05, 4.69) is 33.1 Å². The first-order chi connectivity index (χ1) is 8.56. The van der Waals surface area contributed by atoms with E-state index in [4.69, 9.17) is 4.74 Å². The van der Waals surface area contributed by atoms with E-state index in [9.17, 15) is 4.79 Å². The van der Waals surface area contributed by atoms with E-state index >= 15 is 0 Å². The van der Waals surface area contributed by atoms with Gasteiger partial charge in [0.05, 0.1) is 6.61 Å². The third kappa shape index (κ3) is 12.0. The van der Waals surface area contributed by atoms with Gasteiger partial charge in [-0.1, -0.05) is 18.6 Å². The number of esters is 1. The second kappa shape index (κ2) is 11.6.